The Morgan fingerprint density at radius 1 is 1.17 bits per heavy atom. The van der Waals surface area contributed by atoms with Gasteiger partial charge in [-0.2, -0.15) is 24.9 Å². The van der Waals surface area contributed by atoms with E-state index in [0.717, 1.165) is 23.6 Å². The second kappa shape index (κ2) is 11.0. The van der Waals surface area contributed by atoms with Crippen molar-refractivity contribution in [3.05, 3.63) is 72.4 Å². The van der Waals surface area contributed by atoms with E-state index in [9.17, 15) is 18.0 Å². The molecule has 1 fully saturated rings. The van der Waals surface area contributed by atoms with E-state index in [-0.39, 0.29) is 11.4 Å². The third kappa shape index (κ3) is 6.13. The summed E-state index contributed by atoms with van der Waals surface area (Å²) >= 11 is 2.06. The van der Waals surface area contributed by atoms with E-state index in [4.69, 9.17) is 5.73 Å². The Bertz CT molecular complexity index is 1340. The monoisotopic (exact) mass is 515 g/mol. The average molecular weight is 516 g/mol. The van der Waals surface area contributed by atoms with Gasteiger partial charge < -0.3 is 20.8 Å². The molecule has 0 aliphatic carbocycles. The van der Waals surface area contributed by atoms with Gasteiger partial charge in [0.05, 0.1) is 11.3 Å². The van der Waals surface area contributed by atoms with Crippen LogP contribution >= 0.6 is 11.8 Å². The van der Waals surface area contributed by atoms with Crippen molar-refractivity contribution in [2.24, 2.45) is 0 Å². The molecule has 1 unspecified atom stereocenters. The average Bonchev–Trinajstić information content (AvgIpc) is 3.30. The number of rotatable bonds is 3. The number of carbonyl (C=O) groups is 1. The number of benzene rings is 1. The molecule has 1 aromatic carbocycles. The lowest BCUT2D eigenvalue weighted by atomic mass is 10.1. The van der Waals surface area contributed by atoms with Gasteiger partial charge in [-0.05, 0) is 24.3 Å². The second-order valence-corrected chi connectivity index (χ2v) is 9.55. The molecule has 0 saturated carbocycles. The molecule has 1 saturated heterocycles. The maximum Gasteiger partial charge on any atom is 0.416 e. The molecule has 0 bridgehead atoms. The first kappa shape index (κ1) is 25.5. The minimum Gasteiger partial charge on any atom is -0.382 e. The second-order valence-electron chi connectivity index (χ2n) is 8.01. The molecule has 3 aromatic heterocycles. The van der Waals surface area contributed by atoms with Crippen molar-refractivity contribution in [1.29, 1.82) is 0 Å². The number of amides is 1. The van der Waals surface area contributed by atoms with E-state index in [1.165, 1.54) is 31.0 Å². The number of nitrogen functional groups attached to an aromatic ring is 1. The van der Waals surface area contributed by atoms with Crippen LogP contribution < -0.4 is 16.4 Å². The highest BCUT2D eigenvalue weighted by molar-refractivity contribution is 7.99. The Hall–Kier alpha value is -3.64. The van der Waals surface area contributed by atoms with E-state index >= 15 is 0 Å². The quantitative estimate of drug-likeness (QED) is 0.372. The van der Waals surface area contributed by atoms with Gasteiger partial charge >= 0.3 is 6.18 Å². The molecule has 1 aliphatic rings. The molecule has 12 heteroatoms. The predicted octanol–water partition coefficient (Wildman–Crippen LogP) is 4.36. The third-order valence-electron chi connectivity index (χ3n) is 5.34. The fourth-order valence-corrected chi connectivity index (χ4v) is 4.43. The van der Waals surface area contributed by atoms with Crippen LogP contribution in [-0.4, -0.2) is 49.4 Å². The van der Waals surface area contributed by atoms with Crippen LogP contribution in [0.4, 0.5) is 24.8 Å². The number of aromatic nitrogens is 4. The maximum atomic E-state index is 12.8. The van der Waals surface area contributed by atoms with Gasteiger partial charge in [0.25, 0.3) is 5.91 Å². The lowest BCUT2D eigenvalue weighted by molar-refractivity contribution is -0.137. The smallest absolute Gasteiger partial charge is 0.382 e. The summed E-state index contributed by atoms with van der Waals surface area (Å²) in [7, 11) is 0. The first-order chi connectivity index (χ1) is 17.2. The first-order valence-corrected chi connectivity index (χ1v) is 12.1. The third-order valence-corrected chi connectivity index (χ3v) is 6.52. The fourth-order valence-electron chi connectivity index (χ4n) is 3.53. The van der Waals surface area contributed by atoms with Crippen LogP contribution in [0, 0.1) is 0 Å². The van der Waals surface area contributed by atoms with Gasteiger partial charge in [0.2, 0.25) is 0 Å². The number of anilines is 2. The molecule has 5 rings (SSSR count). The van der Waals surface area contributed by atoms with E-state index in [1.54, 1.807) is 35.3 Å². The number of hydrogen-bond acceptors (Lipinski definition) is 7. The van der Waals surface area contributed by atoms with Gasteiger partial charge in [-0.3, -0.25) is 4.79 Å². The normalized spacial score (nSPS) is 15.7. The number of imidazole rings is 1. The number of alkyl halides is 3. The van der Waals surface area contributed by atoms with Gasteiger partial charge in [0, 0.05) is 53.8 Å². The number of hydrogen-bond donors (Lipinski definition) is 3. The summed E-state index contributed by atoms with van der Waals surface area (Å²) in [6.07, 6.45) is 1.34. The zero-order valence-corrected chi connectivity index (χ0v) is 20.1. The van der Waals surface area contributed by atoms with Crippen molar-refractivity contribution in [3.63, 3.8) is 0 Å². The molecule has 36 heavy (non-hydrogen) atoms. The van der Waals surface area contributed by atoms with Gasteiger partial charge in [-0.25, -0.2) is 15.0 Å². The topological polar surface area (TPSA) is 110 Å². The number of carbonyl (C=O) groups excluding carboxylic acids is 1. The lowest BCUT2D eigenvalue weighted by Crippen LogP contribution is -2.30. The fraction of sp³-hybridized carbons (Fsp3) is 0.250. The van der Waals surface area contributed by atoms with Crippen molar-refractivity contribution >= 4 is 34.8 Å². The molecule has 1 atom stereocenters. The molecule has 188 valence electrons. The van der Waals surface area contributed by atoms with Crippen molar-refractivity contribution < 1.29 is 18.0 Å². The summed E-state index contributed by atoms with van der Waals surface area (Å²) in [5.41, 5.74) is 7.23. The number of nitrogens with one attached hydrogen (secondary N) is 2. The summed E-state index contributed by atoms with van der Waals surface area (Å²) in [6, 6.07) is 8.03. The Balaban J connectivity index is 0.000000375. The molecule has 4 heterocycles. The van der Waals surface area contributed by atoms with Crippen molar-refractivity contribution in [3.8, 4) is 11.3 Å². The van der Waals surface area contributed by atoms with Crippen LogP contribution in [-0.2, 0) is 6.18 Å². The molecular formula is C24H24F3N7OS. The van der Waals surface area contributed by atoms with E-state index in [0.29, 0.717) is 22.6 Å². The Morgan fingerprint density at radius 3 is 2.58 bits per heavy atom. The summed E-state index contributed by atoms with van der Waals surface area (Å²) in [5.74, 6) is 0.839. The molecule has 1 amide bonds. The maximum absolute atomic E-state index is 12.8. The summed E-state index contributed by atoms with van der Waals surface area (Å²) < 4.78 is 40.1. The summed E-state index contributed by atoms with van der Waals surface area (Å²) in [5, 5.41) is 6.52. The van der Waals surface area contributed by atoms with Crippen LogP contribution in [0.25, 0.3) is 16.8 Å². The standard InChI is InChI=1S/C19H13F3N6O.C5H11NS/c20-19(21,22)13-5-6-24-14(9-13)27-18(29)12-3-1-11(2-4-12)15-16-17(23)25-7-8-28(16)10-26-15;1-5-4-6-2-3-7-5/h1-10H,(H2,23,25)(H,24,27,29);5-6H,2-4H2,1H3. The SMILES string of the molecule is CC1CNCCS1.Nc1nccn2cnc(-c3ccc(C(=O)Nc4cc(C(F)(F)F)ccn4)cc3)c12. The number of fused-ring (bicyclic) bond motifs is 1. The van der Waals surface area contributed by atoms with Crippen LogP contribution in [0.2, 0.25) is 0 Å². The van der Waals surface area contributed by atoms with Crippen LogP contribution in [0.5, 0.6) is 0 Å². The molecular weight excluding hydrogens is 491 g/mol. The molecule has 0 radical (unpaired) electrons. The Morgan fingerprint density at radius 2 is 1.94 bits per heavy atom. The number of halogens is 3. The molecule has 1 aliphatic heterocycles. The number of nitrogens with zero attached hydrogens (tertiary/aromatic N) is 4. The largest absolute Gasteiger partial charge is 0.416 e. The summed E-state index contributed by atoms with van der Waals surface area (Å²) in [6.45, 7) is 4.66. The van der Waals surface area contributed by atoms with Gasteiger partial charge in [0.15, 0.2) is 0 Å². The van der Waals surface area contributed by atoms with Gasteiger partial charge in [-0.1, -0.05) is 19.1 Å². The highest BCUT2D eigenvalue weighted by atomic mass is 32.2. The minimum absolute atomic E-state index is 0.187. The Labute approximate surface area is 209 Å². The van der Waals surface area contributed by atoms with Crippen LogP contribution in [0.1, 0.15) is 22.8 Å². The number of nitrogens with two attached hydrogens (primary N) is 1. The van der Waals surface area contributed by atoms with Gasteiger partial charge in [0.1, 0.15) is 23.5 Å². The van der Waals surface area contributed by atoms with Crippen molar-refractivity contribution in [2.75, 3.05) is 29.9 Å². The van der Waals surface area contributed by atoms with E-state index < -0.39 is 17.6 Å². The number of thioether (sulfide) groups is 1. The minimum atomic E-state index is -4.52. The first-order valence-electron chi connectivity index (χ1n) is 11.1. The summed E-state index contributed by atoms with van der Waals surface area (Å²) in [4.78, 5) is 24.5. The number of pyridine rings is 1. The highest BCUT2D eigenvalue weighted by Gasteiger charge is 2.30. The molecule has 4 aromatic rings. The van der Waals surface area contributed by atoms with Crippen LogP contribution in [0.3, 0.4) is 0 Å². The van der Waals surface area contributed by atoms with Crippen LogP contribution in [0.15, 0.2) is 61.3 Å². The molecule has 4 N–H and O–H groups in total. The predicted molar refractivity (Wildman–Crippen MR) is 135 cm³/mol. The van der Waals surface area contributed by atoms with E-state index in [2.05, 4.69) is 44.3 Å². The Kier molecular flexibility index (Phi) is 7.75. The zero-order chi connectivity index (χ0) is 25.7. The molecule has 0 spiro atoms. The van der Waals surface area contributed by atoms with Crippen molar-refractivity contribution in [1.82, 2.24) is 24.7 Å². The zero-order valence-electron chi connectivity index (χ0n) is 19.3. The van der Waals surface area contributed by atoms with Crippen molar-refractivity contribution in [2.45, 2.75) is 18.3 Å². The van der Waals surface area contributed by atoms with Gasteiger partial charge in [-0.15, -0.1) is 0 Å². The lowest BCUT2D eigenvalue weighted by Gasteiger charge is -2.17. The highest BCUT2D eigenvalue weighted by Crippen LogP contribution is 2.30. The van der Waals surface area contributed by atoms with E-state index in [1.807, 2.05) is 0 Å². The molecule has 8 nitrogen and oxygen atoms in total.